The van der Waals surface area contributed by atoms with E-state index in [1.807, 2.05) is 14.2 Å². The van der Waals surface area contributed by atoms with Crippen LogP contribution in [-0.2, 0) is 14.2 Å². The Kier molecular flexibility index (Phi) is 6.48. The smallest absolute Gasteiger partial charge is 0.164 e. The van der Waals surface area contributed by atoms with Gasteiger partial charge in [0, 0.05) is 31.0 Å². The lowest BCUT2D eigenvalue weighted by molar-refractivity contribution is -0.225. The van der Waals surface area contributed by atoms with Gasteiger partial charge in [0.2, 0.25) is 0 Å². The number of hydrogen-bond donors (Lipinski definition) is 1. The van der Waals surface area contributed by atoms with E-state index in [2.05, 4.69) is 66.7 Å². The molecule has 11 atom stereocenters. The molecule has 0 amide bonds. The molecule has 1 spiro atoms. The molecule has 1 aliphatic heterocycles. The molecule has 0 radical (unpaired) electrons. The van der Waals surface area contributed by atoms with Gasteiger partial charge in [-0.15, -0.1) is 0 Å². The molecule has 36 heavy (non-hydrogen) atoms. The second-order valence-corrected chi connectivity index (χ2v) is 14.5. The molecular formula is C32H52O4. The molecule has 0 aromatic heterocycles. The zero-order valence-electron chi connectivity index (χ0n) is 24.4. The van der Waals surface area contributed by atoms with Gasteiger partial charge in [0.05, 0.1) is 12.2 Å². The lowest BCUT2D eigenvalue weighted by atomic mass is 9.38. The van der Waals surface area contributed by atoms with Crippen LogP contribution in [0.3, 0.4) is 0 Å². The molecular weight excluding hydrogens is 448 g/mol. The summed E-state index contributed by atoms with van der Waals surface area (Å²) in [5.74, 6) is 2.14. The highest BCUT2D eigenvalue weighted by molar-refractivity contribution is 5.34. The van der Waals surface area contributed by atoms with E-state index in [-0.39, 0.29) is 40.2 Å². The van der Waals surface area contributed by atoms with Crippen LogP contribution in [0.5, 0.6) is 0 Å². The van der Waals surface area contributed by atoms with Gasteiger partial charge in [-0.05, 0) is 87.4 Å². The van der Waals surface area contributed by atoms with Gasteiger partial charge in [0.25, 0.3) is 0 Å². The molecule has 5 aliphatic rings. The van der Waals surface area contributed by atoms with Gasteiger partial charge in [0.15, 0.2) is 6.29 Å². The van der Waals surface area contributed by atoms with E-state index in [4.69, 9.17) is 14.2 Å². The van der Waals surface area contributed by atoms with Crippen molar-refractivity contribution in [2.45, 2.75) is 118 Å². The quantitative estimate of drug-likeness (QED) is 0.402. The third kappa shape index (κ3) is 3.20. The minimum absolute atomic E-state index is 0.00950. The number of ether oxygens (including phenoxy) is 3. The number of methoxy groups -OCH3 is 2. The maximum Gasteiger partial charge on any atom is 0.164 e. The van der Waals surface area contributed by atoms with Gasteiger partial charge >= 0.3 is 0 Å². The third-order valence-electron chi connectivity index (χ3n) is 12.8. The van der Waals surface area contributed by atoms with Crippen molar-refractivity contribution in [3.8, 4) is 0 Å². The third-order valence-corrected chi connectivity index (χ3v) is 12.8. The first kappa shape index (κ1) is 26.9. The summed E-state index contributed by atoms with van der Waals surface area (Å²) in [6, 6.07) is 0. The molecule has 0 aromatic rings. The van der Waals surface area contributed by atoms with Crippen molar-refractivity contribution < 1.29 is 19.3 Å². The monoisotopic (exact) mass is 500 g/mol. The van der Waals surface area contributed by atoms with Crippen molar-refractivity contribution in [1.29, 1.82) is 0 Å². The fourth-order valence-corrected chi connectivity index (χ4v) is 10.6. The summed E-state index contributed by atoms with van der Waals surface area (Å²) in [7, 11) is 3.70. The van der Waals surface area contributed by atoms with Crippen molar-refractivity contribution in [3.05, 3.63) is 23.8 Å². The fraction of sp³-hybridized carbons (Fsp3) is 0.875. The van der Waals surface area contributed by atoms with Gasteiger partial charge in [0.1, 0.15) is 5.60 Å². The summed E-state index contributed by atoms with van der Waals surface area (Å²) in [6.45, 7) is 16.4. The molecule has 204 valence electrons. The Morgan fingerprint density at radius 2 is 1.78 bits per heavy atom. The predicted molar refractivity (Wildman–Crippen MR) is 144 cm³/mol. The largest absolute Gasteiger partial charge is 0.392 e. The van der Waals surface area contributed by atoms with E-state index in [1.54, 1.807) is 0 Å². The van der Waals surface area contributed by atoms with E-state index >= 15 is 0 Å². The van der Waals surface area contributed by atoms with Gasteiger partial charge in [-0.25, -0.2) is 0 Å². The summed E-state index contributed by atoms with van der Waals surface area (Å²) < 4.78 is 19.1. The van der Waals surface area contributed by atoms with E-state index in [0.29, 0.717) is 23.7 Å². The van der Waals surface area contributed by atoms with E-state index in [9.17, 15) is 5.11 Å². The number of aliphatic hydroxyl groups is 1. The fourth-order valence-electron chi connectivity index (χ4n) is 10.6. The number of fused-ring (bicyclic) bond motifs is 2. The summed E-state index contributed by atoms with van der Waals surface area (Å²) >= 11 is 0. The normalized spacial score (nSPS) is 50.1. The number of aliphatic hydroxyl groups excluding tert-OH is 1. The zero-order valence-corrected chi connectivity index (χ0v) is 24.4. The molecule has 4 heteroatoms. The minimum atomic E-state index is -0.437. The Morgan fingerprint density at radius 3 is 2.42 bits per heavy atom. The summed E-state index contributed by atoms with van der Waals surface area (Å²) in [5.41, 5.74) is 1.04. The van der Waals surface area contributed by atoms with E-state index in [0.717, 1.165) is 25.7 Å². The molecule has 5 rings (SSSR count). The van der Waals surface area contributed by atoms with Crippen LogP contribution in [0.4, 0.5) is 0 Å². The maximum atomic E-state index is 11.1. The standard InChI is InChI=1S/C32H52O4/c1-20(2)18-22(34-8)19-21(3)23-12-14-30(7)24-13-15-32-25(10-11-26(33)28(32,4)5)31(24,27(35-9)36-32)17-16-29(23,30)6/h13,15,18,21-27,33H,10-12,14,16-17,19H2,1-9H3/t21-,22-,23+,24+,25+,26+,27+,29-,30+,31+,32-/m0/s1. The van der Waals surface area contributed by atoms with Gasteiger partial charge < -0.3 is 19.3 Å². The van der Waals surface area contributed by atoms with Crippen molar-refractivity contribution >= 4 is 0 Å². The number of hydrogen-bond acceptors (Lipinski definition) is 4. The Hall–Kier alpha value is -0.680. The summed E-state index contributed by atoms with van der Waals surface area (Å²) in [5, 5.41) is 11.1. The highest BCUT2D eigenvalue weighted by Gasteiger charge is 2.78. The Labute approximate surface area is 220 Å². The van der Waals surface area contributed by atoms with Crippen LogP contribution in [0.1, 0.15) is 93.4 Å². The number of allylic oxidation sites excluding steroid dienone is 2. The van der Waals surface area contributed by atoms with Crippen molar-refractivity contribution in [1.82, 2.24) is 0 Å². The maximum absolute atomic E-state index is 11.1. The molecule has 4 fully saturated rings. The second kappa shape index (κ2) is 8.66. The first-order chi connectivity index (χ1) is 16.8. The van der Waals surface area contributed by atoms with Crippen LogP contribution in [0, 0.1) is 45.3 Å². The zero-order chi connectivity index (χ0) is 26.3. The Bertz CT molecular complexity index is 919. The van der Waals surface area contributed by atoms with Gasteiger partial charge in [-0.3, -0.25) is 0 Å². The molecule has 2 bridgehead atoms. The summed E-state index contributed by atoms with van der Waals surface area (Å²) in [4.78, 5) is 0. The second-order valence-electron chi connectivity index (χ2n) is 14.5. The van der Waals surface area contributed by atoms with Crippen molar-refractivity contribution in [2.75, 3.05) is 14.2 Å². The Morgan fingerprint density at radius 1 is 1.06 bits per heavy atom. The van der Waals surface area contributed by atoms with Crippen molar-refractivity contribution in [3.63, 3.8) is 0 Å². The van der Waals surface area contributed by atoms with Crippen LogP contribution in [0.15, 0.2) is 23.8 Å². The minimum Gasteiger partial charge on any atom is -0.392 e. The topological polar surface area (TPSA) is 47.9 Å². The molecule has 1 N–H and O–H groups in total. The van der Waals surface area contributed by atoms with Crippen LogP contribution in [0.2, 0.25) is 0 Å². The molecule has 0 aromatic carbocycles. The SMILES string of the molecule is CO[C@@H]1O[C@@]23C=C[C@H]4[C@]1(CC[C@@]1(C)[C@@H]([C@@H](C)C[C@H](C=C(C)C)OC)CC[C@]41C)[C@H]2CC[C@@H](O)C3(C)C. The first-order valence-corrected chi connectivity index (χ1v) is 14.6. The molecule has 4 nitrogen and oxygen atoms in total. The molecule has 3 saturated carbocycles. The average Bonchev–Trinajstić information content (AvgIpc) is 3.19. The molecule has 0 unspecified atom stereocenters. The highest BCUT2D eigenvalue weighted by Crippen LogP contribution is 2.78. The van der Waals surface area contributed by atoms with E-state index in [1.165, 1.54) is 24.8 Å². The van der Waals surface area contributed by atoms with Gasteiger partial charge in [-0.2, -0.15) is 0 Å². The molecule has 4 aliphatic carbocycles. The van der Waals surface area contributed by atoms with Crippen LogP contribution in [-0.4, -0.2) is 43.4 Å². The van der Waals surface area contributed by atoms with Crippen molar-refractivity contribution in [2.24, 2.45) is 45.3 Å². The highest BCUT2D eigenvalue weighted by atomic mass is 16.7. The number of rotatable bonds is 6. The van der Waals surface area contributed by atoms with Gasteiger partial charge in [-0.1, -0.05) is 58.4 Å². The van der Waals surface area contributed by atoms with Crippen LogP contribution >= 0.6 is 0 Å². The molecule has 1 saturated heterocycles. The molecule has 1 heterocycles. The van der Waals surface area contributed by atoms with Crippen LogP contribution < -0.4 is 0 Å². The summed E-state index contributed by atoms with van der Waals surface area (Å²) in [6.07, 6.45) is 14.8. The Balaban J connectivity index is 1.52. The predicted octanol–water partition coefficient (Wildman–Crippen LogP) is 6.92. The average molecular weight is 501 g/mol. The van der Waals surface area contributed by atoms with E-state index < -0.39 is 5.60 Å². The lowest BCUT2D eigenvalue weighted by Gasteiger charge is -2.65. The lowest BCUT2D eigenvalue weighted by Crippen LogP contribution is -2.65. The first-order valence-electron chi connectivity index (χ1n) is 14.6. The van der Waals surface area contributed by atoms with Crippen LogP contribution in [0.25, 0.3) is 0 Å².